The summed E-state index contributed by atoms with van der Waals surface area (Å²) < 4.78 is 5.69. The van der Waals surface area contributed by atoms with Crippen LogP contribution in [0.5, 0.6) is 0 Å². The molecule has 90 valence electrons. The van der Waals surface area contributed by atoms with Gasteiger partial charge in [0.05, 0.1) is 6.04 Å². The molecule has 2 nitrogen and oxygen atoms in total. The van der Waals surface area contributed by atoms with Crippen molar-refractivity contribution in [3.8, 4) is 0 Å². The van der Waals surface area contributed by atoms with Crippen LogP contribution in [0.4, 0.5) is 0 Å². The molecule has 2 N–H and O–H groups in total. The molecule has 0 radical (unpaired) electrons. The van der Waals surface area contributed by atoms with Crippen LogP contribution in [0.1, 0.15) is 39.8 Å². The third-order valence-corrected chi connectivity index (χ3v) is 3.09. The monoisotopic (exact) mass is 229 g/mol. The Bertz CT molecular complexity index is 500. The molecular formula is C15H19NO. The second kappa shape index (κ2) is 4.38. The van der Waals surface area contributed by atoms with Crippen molar-refractivity contribution < 1.29 is 4.42 Å². The molecule has 1 aromatic heterocycles. The second-order valence-electron chi connectivity index (χ2n) is 4.79. The smallest absolute Gasteiger partial charge is 0.125 e. The molecule has 1 aromatic carbocycles. The van der Waals surface area contributed by atoms with Crippen molar-refractivity contribution in [3.63, 3.8) is 0 Å². The zero-order valence-electron chi connectivity index (χ0n) is 10.9. The van der Waals surface area contributed by atoms with E-state index in [2.05, 4.69) is 32.0 Å². The third-order valence-electron chi connectivity index (χ3n) is 3.09. The van der Waals surface area contributed by atoms with Gasteiger partial charge in [-0.25, -0.2) is 0 Å². The summed E-state index contributed by atoms with van der Waals surface area (Å²) in [5.41, 5.74) is 11.0. The summed E-state index contributed by atoms with van der Waals surface area (Å²) >= 11 is 0. The average molecular weight is 229 g/mol. The van der Waals surface area contributed by atoms with Crippen molar-refractivity contribution in [1.29, 1.82) is 0 Å². The molecular weight excluding hydrogens is 210 g/mol. The molecule has 2 heteroatoms. The quantitative estimate of drug-likeness (QED) is 0.855. The highest BCUT2D eigenvalue weighted by atomic mass is 16.3. The third kappa shape index (κ3) is 2.42. The summed E-state index contributed by atoms with van der Waals surface area (Å²) in [5, 5.41) is 0. The Balaban J connectivity index is 2.39. The molecule has 0 aliphatic rings. The lowest BCUT2D eigenvalue weighted by Crippen LogP contribution is -2.11. The minimum absolute atomic E-state index is 0.180. The fourth-order valence-corrected chi connectivity index (χ4v) is 2.11. The van der Waals surface area contributed by atoms with Crippen LogP contribution in [0.15, 0.2) is 28.7 Å². The summed E-state index contributed by atoms with van der Waals surface area (Å²) in [7, 11) is 0. The minimum Gasteiger partial charge on any atom is -0.464 e. The first-order valence-electron chi connectivity index (χ1n) is 5.88. The Kier molecular flexibility index (Phi) is 3.07. The first-order chi connectivity index (χ1) is 7.97. The van der Waals surface area contributed by atoms with Crippen molar-refractivity contribution in [2.75, 3.05) is 0 Å². The van der Waals surface area contributed by atoms with E-state index in [1.54, 1.807) is 0 Å². The van der Waals surface area contributed by atoms with Crippen molar-refractivity contribution in [3.05, 3.63) is 58.0 Å². The van der Waals surface area contributed by atoms with Gasteiger partial charge in [-0.1, -0.05) is 29.3 Å². The van der Waals surface area contributed by atoms with Crippen LogP contribution >= 0.6 is 0 Å². The van der Waals surface area contributed by atoms with Gasteiger partial charge < -0.3 is 10.2 Å². The average Bonchev–Trinajstić information content (AvgIpc) is 2.57. The molecule has 0 aliphatic carbocycles. The van der Waals surface area contributed by atoms with Gasteiger partial charge in [-0.05, 0) is 44.9 Å². The first kappa shape index (κ1) is 11.9. The van der Waals surface area contributed by atoms with Gasteiger partial charge in [-0.3, -0.25) is 0 Å². The van der Waals surface area contributed by atoms with Crippen molar-refractivity contribution >= 4 is 0 Å². The van der Waals surface area contributed by atoms with Crippen LogP contribution in [0.2, 0.25) is 0 Å². The molecule has 17 heavy (non-hydrogen) atoms. The van der Waals surface area contributed by atoms with Crippen LogP contribution < -0.4 is 5.73 Å². The van der Waals surface area contributed by atoms with E-state index >= 15 is 0 Å². The highest BCUT2D eigenvalue weighted by Crippen LogP contribution is 2.25. The maximum atomic E-state index is 6.24. The summed E-state index contributed by atoms with van der Waals surface area (Å²) in [6.45, 7) is 8.17. The maximum absolute atomic E-state index is 6.24. The van der Waals surface area contributed by atoms with Crippen molar-refractivity contribution in [2.45, 2.75) is 33.7 Å². The lowest BCUT2D eigenvalue weighted by atomic mass is 10.0. The first-order valence-corrected chi connectivity index (χ1v) is 5.88. The second-order valence-corrected chi connectivity index (χ2v) is 4.79. The molecule has 0 saturated carbocycles. The molecule has 1 heterocycles. The van der Waals surface area contributed by atoms with Crippen molar-refractivity contribution in [2.24, 2.45) is 5.73 Å². The lowest BCUT2D eigenvalue weighted by Gasteiger charge is -2.11. The predicted molar refractivity (Wildman–Crippen MR) is 70.1 cm³/mol. The topological polar surface area (TPSA) is 39.2 Å². The Morgan fingerprint density at radius 3 is 2.00 bits per heavy atom. The molecule has 1 unspecified atom stereocenters. The summed E-state index contributed by atoms with van der Waals surface area (Å²) in [4.78, 5) is 0. The Morgan fingerprint density at radius 2 is 1.53 bits per heavy atom. The summed E-state index contributed by atoms with van der Waals surface area (Å²) in [6, 6.07) is 8.23. The van der Waals surface area contributed by atoms with E-state index in [1.165, 1.54) is 11.1 Å². The summed E-state index contributed by atoms with van der Waals surface area (Å²) in [6.07, 6.45) is 0. The van der Waals surface area contributed by atoms with E-state index in [4.69, 9.17) is 10.2 Å². The van der Waals surface area contributed by atoms with E-state index in [9.17, 15) is 0 Å². The Hall–Kier alpha value is -1.54. The van der Waals surface area contributed by atoms with Crippen LogP contribution in [-0.2, 0) is 0 Å². The van der Waals surface area contributed by atoms with Crippen LogP contribution in [0, 0.1) is 27.7 Å². The van der Waals surface area contributed by atoms with Gasteiger partial charge in [-0.2, -0.15) is 0 Å². The molecule has 0 spiro atoms. The van der Waals surface area contributed by atoms with Gasteiger partial charge in [0, 0.05) is 0 Å². The van der Waals surface area contributed by atoms with E-state index in [-0.39, 0.29) is 6.04 Å². The van der Waals surface area contributed by atoms with Gasteiger partial charge >= 0.3 is 0 Å². The van der Waals surface area contributed by atoms with Crippen molar-refractivity contribution in [1.82, 2.24) is 0 Å². The standard InChI is InChI=1S/C15H19NO/c1-9-5-10(2)7-13(6-9)15(16)14-8-11(3)12(4)17-14/h5-8,15H,16H2,1-4H3. The number of furan rings is 1. The zero-order chi connectivity index (χ0) is 12.6. The van der Waals surface area contributed by atoms with E-state index < -0.39 is 0 Å². The van der Waals surface area contributed by atoms with E-state index in [1.807, 2.05) is 19.9 Å². The van der Waals surface area contributed by atoms with Gasteiger partial charge in [-0.15, -0.1) is 0 Å². The van der Waals surface area contributed by atoms with Crippen LogP contribution in [-0.4, -0.2) is 0 Å². The normalized spacial score (nSPS) is 12.8. The van der Waals surface area contributed by atoms with E-state index in [0.717, 1.165) is 22.6 Å². The lowest BCUT2D eigenvalue weighted by molar-refractivity contribution is 0.465. The van der Waals surface area contributed by atoms with Gasteiger partial charge in [0.2, 0.25) is 0 Å². The molecule has 2 aromatic rings. The maximum Gasteiger partial charge on any atom is 0.125 e. The number of benzene rings is 1. The summed E-state index contributed by atoms with van der Waals surface area (Å²) in [5.74, 6) is 1.78. The van der Waals surface area contributed by atoms with Gasteiger partial charge in [0.25, 0.3) is 0 Å². The SMILES string of the molecule is Cc1cc(C)cc(C(N)c2cc(C)c(C)o2)c1. The number of hydrogen-bond acceptors (Lipinski definition) is 2. The molecule has 2 rings (SSSR count). The zero-order valence-corrected chi connectivity index (χ0v) is 10.9. The number of nitrogens with two attached hydrogens (primary N) is 1. The molecule has 0 amide bonds. The Morgan fingerprint density at radius 1 is 0.941 bits per heavy atom. The largest absolute Gasteiger partial charge is 0.464 e. The van der Waals surface area contributed by atoms with Gasteiger partial charge in [0.15, 0.2) is 0 Å². The fourth-order valence-electron chi connectivity index (χ4n) is 2.11. The molecule has 0 bridgehead atoms. The highest BCUT2D eigenvalue weighted by molar-refractivity contribution is 5.35. The van der Waals surface area contributed by atoms with Crippen LogP contribution in [0.25, 0.3) is 0 Å². The van der Waals surface area contributed by atoms with Crippen LogP contribution in [0.3, 0.4) is 0 Å². The highest BCUT2D eigenvalue weighted by Gasteiger charge is 2.14. The number of aryl methyl sites for hydroxylation is 4. The minimum atomic E-state index is -0.180. The van der Waals surface area contributed by atoms with E-state index in [0.29, 0.717) is 0 Å². The van der Waals surface area contributed by atoms with Gasteiger partial charge in [0.1, 0.15) is 11.5 Å². The molecule has 1 atom stereocenters. The molecule has 0 saturated heterocycles. The number of hydrogen-bond donors (Lipinski definition) is 1. The predicted octanol–water partition coefficient (Wildman–Crippen LogP) is 3.56. The molecule has 0 fully saturated rings. The fraction of sp³-hybridized carbons (Fsp3) is 0.333. The molecule has 0 aliphatic heterocycles. The Labute approximate surface area is 102 Å². The number of rotatable bonds is 2.